The number of rotatable bonds is 5. The fraction of sp³-hybridized carbons (Fsp3) is 0.333. The molecular formula is C21H24F2N3O3S+. The second-order valence-electron chi connectivity index (χ2n) is 7.47. The van der Waals surface area contributed by atoms with Gasteiger partial charge < -0.3 is 15.8 Å². The van der Waals surface area contributed by atoms with Crippen LogP contribution in [0.2, 0.25) is 0 Å². The highest BCUT2D eigenvalue weighted by molar-refractivity contribution is 7.91. The topological polar surface area (TPSA) is 81.4 Å². The lowest BCUT2D eigenvalue weighted by Crippen LogP contribution is -2.58. The van der Waals surface area contributed by atoms with Crippen molar-refractivity contribution in [3.05, 3.63) is 54.2 Å². The van der Waals surface area contributed by atoms with E-state index in [2.05, 4.69) is 5.32 Å². The predicted molar refractivity (Wildman–Crippen MR) is 113 cm³/mol. The lowest BCUT2D eigenvalue weighted by Gasteiger charge is -2.40. The van der Waals surface area contributed by atoms with Gasteiger partial charge in [0.15, 0.2) is 5.69 Å². The van der Waals surface area contributed by atoms with Gasteiger partial charge in [0, 0.05) is 37.7 Å². The number of allylic oxidation sites excluding steroid dienone is 1. The quantitative estimate of drug-likeness (QED) is 0.555. The van der Waals surface area contributed by atoms with Crippen molar-refractivity contribution in [1.29, 1.82) is 0 Å². The van der Waals surface area contributed by atoms with Crippen LogP contribution in [-0.4, -0.2) is 41.1 Å². The van der Waals surface area contributed by atoms with Gasteiger partial charge in [0.05, 0.1) is 18.2 Å². The molecule has 0 spiro atoms. The number of benzene rings is 2. The number of nitrogen functional groups attached to an aromatic ring is 1. The first-order chi connectivity index (χ1) is 14.3. The highest BCUT2D eigenvalue weighted by atomic mass is 32.2. The van der Waals surface area contributed by atoms with Crippen LogP contribution in [0.3, 0.4) is 0 Å². The van der Waals surface area contributed by atoms with Crippen LogP contribution >= 0.6 is 0 Å². The number of quaternary nitrogens is 1. The number of methoxy groups -OCH3 is 1. The van der Waals surface area contributed by atoms with E-state index in [-0.39, 0.29) is 27.4 Å². The Balaban J connectivity index is 2.01. The molecule has 2 aromatic carbocycles. The van der Waals surface area contributed by atoms with E-state index in [4.69, 9.17) is 10.5 Å². The number of alkyl halides is 2. The lowest BCUT2D eigenvalue weighted by molar-refractivity contribution is 0.214. The molecule has 30 heavy (non-hydrogen) atoms. The van der Waals surface area contributed by atoms with Gasteiger partial charge in [-0.05, 0) is 30.3 Å². The summed E-state index contributed by atoms with van der Waals surface area (Å²) in [6, 6.07) is 10.3. The molecule has 1 saturated heterocycles. The van der Waals surface area contributed by atoms with Gasteiger partial charge in [-0.25, -0.2) is 8.78 Å². The van der Waals surface area contributed by atoms with Crippen LogP contribution in [0, 0.1) is 0 Å². The lowest BCUT2D eigenvalue weighted by atomic mass is 10.0. The first-order valence-electron chi connectivity index (χ1n) is 9.71. The summed E-state index contributed by atoms with van der Waals surface area (Å²) >= 11 is 0. The molecule has 1 unspecified atom stereocenters. The van der Waals surface area contributed by atoms with Gasteiger partial charge in [0.1, 0.15) is 22.9 Å². The fourth-order valence-electron chi connectivity index (χ4n) is 4.48. The van der Waals surface area contributed by atoms with Crippen molar-refractivity contribution in [3.63, 3.8) is 0 Å². The summed E-state index contributed by atoms with van der Waals surface area (Å²) in [5.41, 5.74) is 6.29. The van der Waals surface area contributed by atoms with E-state index in [9.17, 15) is 17.2 Å². The normalized spacial score (nSPS) is 22.1. The average Bonchev–Trinajstić information content (AvgIpc) is 3.13. The number of fused-ring (bicyclic) bond motifs is 1. The number of nitrogens with one attached hydrogen (secondary N) is 1. The molecule has 1 fully saturated rings. The number of piperidine rings is 1. The Morgan fingerprint density at radius 1 is 1.13 bits per heavy atom. The SMILES string of the molecule is COc1ccc(S(=O)(=O)[N+]2(C3CCNCC3)C=C(C(F)F)c3c(N)cccc32)cc1. The molecule has 2 heterocycles. The van der Waals surface area contributed by atoms with Crippen molar-refractivity contribution in [2.75, 3.05) is 25.9 Å². The van der Waals surface area contributed by atoms with E-state index in [1.54, 1.807) is 24.3 Å². The minimum absolute atomic E-state index is 0.0435. The summed E-state index contributed by atoms with van der Waals surface area (Å²) in [6.07, 6.45) is -0.588. The van der Waals surface area contributed by atoms with E-state index < -0.39 is 26.4 Å². The van der Waals surface area contributed by atoms with Crippen LogP contribution in [0.1, 0.15) is 18.4 Å². The zero-order valence-corrected chi connectivity index (χ0v) is 17.3. The maximum atomic E-state index is 14.1. The van der Waals surface area contributed by atoms with E-state index >= 15 is 0 Å². The average molecular weight is 437 g/mol. The maximum Gasteiger partial charge on any atom is 0.336 e. The van der Waals surface area contributed by atoms with Crippen molar-refractivity contribution in [2.45, 2.75) is 30.2 Å². The van der Waals surface area contributed by atoms with Crippen LogP contribution in [0.15, 0.2) is 53.6 Å². The number of anilines is 1. The molecule has 160 valence electrons. The van der Waals surface area contributed by atoms with E-state index in [0.29, 0.717) is 31.7 Å². The Bertz CT molecular complexity index is 1080. The molecule has 6 nitrogen and oxygen atoms in total. The van der Waals surface area contributed by atoms with Crippen molar-refractivity contribution in [1.82, 2.24) is 9.21 Å². The van der Waals surface area contributed by atoms with Gasteiger partial charge in [-0.15, -0.1) is 0 Å². The monoisotopic (exact) mass is 436 g/mol. The molecule has 2 aliphatic heterocycles. The molecule has 9 heteroatoms. The molecule has 0 amide bonds. The summed E-state index contributed by atoms with van der Waals surface area (Å²) < 4.78 is 60.7. The second kappa shape index (κ2) is 7.64. The Labute approximate surface area is 174 Å². The third-order valence-electron chi connectivity index (χ3n) is 5.91. The largest absolute Gasteiger partial charge is 0.497 e. The molecule has 0 radical (unpaired) electrons. The van der Waals surface area contributed by atoms with Crippen molar-refractivity contribution in [2.24, 2.45) is 0 Å². The zero-order valence-electron chi connectivity index (χ0n) is 16.5. The Hall–Kier alpha value is -2.49. The number of nitrogens with two attached hydrogens (primary N) is 1. The number of hydrogen-bond donors (Lipinski definition) is 2. The van der Waals surface area contributed by atoms with E-state index in [1.165, 1.54) is 31.5 Å². The first-order valence-corrected chi connectivity index (χ1v) is 11.2. The zero-order chi connectivity index (χ0) is 21.5. The number of ether oxygens (including phenoxy) is 1. The molecule has 2 aromatic rings. The van der Waals surface area contributed by atoms with Gasteiger partial charge in [0.25, 0.3) is 6.43 Å². The molecular weight excluding hydrogens is 412 g/mol. The summed E-state index contributed by atoms with van der Waals surface area (Å²) in [7, 11) is -2.64. The Kier molecular flexibility index (Phi) is 5.29. The van der Waals surface area contributed by atoms with Crippen molar-refractivity contribution >= 4 is 27.0 Å². The van der Waals surface area contributed by atoms with Gasteiger partial charge in [-0.2, -0.15) is 12.3 Å². The van der Waals surface area contributed by atoms with Gasteiger partial charge in [-0.3, -0.25) is 0 Å². The highest BCUT2D eigenvalue weighted by Crippen LogP contribution is 2.51. The summed E-state index contributed by atoms with van der Waals surface area (Å²) in [4.78, 5) is 0.0435. The van der Waals surface area contributed by atoms with Crippen LogP contribution in [0.5, 0.6) is 5.75 Å². The highest BCUT2D eigenvalue weighted by Gasteiger charge is 2.56. The molecule has 2 aliphatic rings. The number of halogens is 2. The van der Waals surface area contributed by atoms with Crippen LogP contribution in [0.25, 0.3) is 5.57 Å². The number of hydrogen-bond acceptors (Lipinski definition) is 5. The van der Waals surface area contributed by atoms with Gasteiger partial charge in [-0.1, -0.05) is 6.07 Å². The number of nitrogens with zero attached hydrogens (tertiary/aromatic N) is 1. The second-order valence-corrected chi connectivity index (χ2v) is 9.49. The summed E-state index contributed by atoms with van der Waals surface area (Å²) in [6.45, 7) is 1.22. The third kappa shape index (κ3) is 3.00. The van der Waals surface area contributed by atoms with Gasteiger partial charge in [0.2, 0.25) is 0 Å². The number of sulfonamides is 1. The standard InChI is InChI=1S/C21H24F2N3O3S/c1-29-15-5-7-16(8-6-15)30(27,28)26(14-9-11-25-12-10-14)13-17(21(22)23)20-18(24)3-2-4-19(20)26/h2-8,13-14,21,25H,9-12,24H2,1H3/q+1. The minimum Gasteiger partial charge on any atom is -0.497 e. The fourth-order valence-corrected chi connectivity index (χ4v) is 6.57. The maximum absolute atomic E-state index is 14.1. The van der Waals surface area contributed by atoms with Gasteiger partial charge >= 0.3 is 10.0 Å². The first kappa shape index (κ1) is 20.8. The smallest absolute Gasteiger partial charge is 0.336 e. The van der Waals surface area contributed by atoms with E-state index in [0.717, 1.165) is 0 Å². The Morgan fingerprint density at radius 2 is 1.80 bits per heavy atom. The molecule has 0 saturated carbocycles. The molecule has 3 N–H and O–H groups in total. The Morgan fingerprint density at radius 3 is 2.40 bits per heavy atom. The van der Waals surface area contributed by atoms with Crippen LogP contribution < -0.4 is 19.7 Å². The van der Waals surface area contributed by atoms with Crippen LogP contribution in [0.4, 0.5) is 20.2 Å². The minimum atomic E-state index is -4.13. The van der Waals surface area contributed by atoms with Crippen molar-refractivity contribution < 1.29 is 21.9 Å². The van der Waals surface area contributed by atoms with Crippen molar-refractivity contribution in [3.8, 4) is 5.75 Å². The summed E-state index contributed by atoms with van der Waals surface area (Å²) in [5.74, 6) is 0.511. The molecule has 0 aliphatic carbocycles. The third-order valence-corrected chi connectivity index (χ3v) is 8.18. The summed E-state index contributed by atoms with van der Waals surface area (Å²) in [5, 5.41) is 3.22. The van der Waals surface area contributed by atoms with E-state index in [1.807, 2.05) is 0 Å². The molecule has 0 bridgehead atoms. The molecule has 0 aromatic heterocycles. The molecule has 1 atom stereocenters. The molecule has 4 rings (SSSR count). The predicted octanol–water partition coefficient (Wildman–Crippen LogP) is 3.35. The van der Waals surface area contributed by atoms with Crippen LogP contribution in [-0.2, 0) is 10.0 Å².